The molecule has 22 heavy (non-hydrogen) atoms. The molecule has 0 saturated carbocycles. The Hall–Kier alpha value is -0.990. The van der Waals surface area contributed by atoms with Crippen molar-refractivity contribution >= 4 is 11.4 Å². The van der Waals surface area contributed by atoms with Crippen molar-refractivity contribution in [2.45, 2.75) is 51.1 Å². The van der Waals surface area contributed by atoms with Crippen molar-refractivity contribution in [3.05, 3.63) is 23.9 Å². The molecule has 0 aliphatic carbocycles. The summed E-state index contributed by atoms with van der Waals surface area (Å²) >= 11 is -1.25. The van der Waals surface area contributed by atoms with E-state index in [9.17, 15) is 17.7 Å². The number of pyridine rings is 1. The molecule has 1 N–H and O–H groups in total. The summed E-state index contributed by atoms with van der Waals surface area (Å²) in [6.07, 6.45) is -2.28. The fraction of sp³-hybridized carbons (Fsp3) is 0.643. The number of hydrogen-bond donors (Lipinski definition) is 1. The van der Waals surface area contributed by atoms with Crippen LogP contribution in [0.3, 0.4) is 0 Å². The van der Waals surface area contributed by atoms with Gasteiger partial charge in [0, 0.05) is 23.6 Å². The Kier molecular flexibility index (Phi) is 6.51. The molecule has 0 spiro atoms. The van der Waals surface area contributed by atoms with E-state index in [0.717, 1.165) is 5.56 Å². The van der Waals surface area contributed by atoms with Crippen molar-refractivity contribution in [2.24, 2.45) is 0 Å². The highest BCUT2D eigenvalue weighted by Gasteiger charge is 2.30. The van der Waals surface area contributed by atoms with Gasteiger partial charge < -0.3 is 9.29 Å². The van der Waals surface area contributed by atoms with E-state index in [1.807, 2.05) is 27.7 Å². The first-order valence-corrected chi connectivity index (χ1v) is 8.01. The topological polar surface area (TPSA) is 57.2 Å². The van der Waals surface area contributed by atoms with Gasteiger partial charge in [0.25, 0.3) is 0 Å². The van der Waals surface area contributed by atoms with Crippen molar-refractivity contribution in [3.63, 3.8) is 0 Å². The molecule has 2 atom stereocenters. The van der Waals surface area contributed by atoms with Crippen molar-refractivity contribution < 1.29 is 22.5 Å². The summed E-state index contributed by atoms with van der Waals surface area (Å²) in [4.78, 5) is 3.86. The fourth-order valence-corrected chi connectivity index (χ4v) is 2.45. The second-order valence-corrected chi connectivity index (χ2v) is 7.79. The van der Waals surface area contributed by atoms with Crippen LogP contribution in [0.1, 0.15) is 45.7 Å². The minimum atomic E-state index is -4.39. The van der Waals surface area contributed by atoms with Crippen LogP contribution in [0.4, 0.5) is 13.2 Å². The quantitative estimate of drug-likeness (QED) is 0.806. The van der Waals surface area contributed by atoms with Crippen molar-refractivity contribution in [1.29, 1.82) is 0 Å². The molecule has 0 aliphatic rings. The van der Waals surface area contributed by atoms with Crippen molar-refractivity contribution in [3.8, 4) is 5.88 Å². The number of aromatic nitrogens is 1. The maximum atomic E-state index is 12.1. The summed E-state index contributed by atoms with van der Waals surface area (Å²) in [5.74, 6) is -0.0899. The summed E-state index contributed by atoms with van der Waals surface area (Å²) in [5.41, 5.74) is 0.749. The largest absolute Gasteiger partial charge is 0.598 e. The molecule has 8 heteroatoms. The predicted molar refractivity (Wildman–Crippen MR) is 79.9 cm³/mol. The van der Waals surface area contributed by atoms with E-state index in [-0.39, 0.29) is 11.9 Å². The summed E-state index contributed by atoms with van der Waals surface area (Å²) in [7, 11) is 0. The highest BCUT2D eigenvalue weighted by molar-refractivity contribution is 7.90. The third-order valence-electron chi connectivity index (χ3n) is 2.76. The van der Waals surface area contributed by atoms with Gasteiger partial charge >= 0.3 is 6.18 Å². The summed E-state index contributed by atoms with van der Waals surface area (Å²) in [6, 6.07) is 2.81. The number of nitrogens with zero attached hydrogens (tertiary/aromatic N) is 1. The first kappa shape index (κ1) is 19.1. The second kappa shape index (κ2) is 7.52. The maximum Gasteiger partial charge on any atom is 0.422 e. The Morgan fingerprint density at radius 3 is 2.36 bits per heavy atom. The van der Waals surface area contributed by atoms with Gasteiger partial charge in [0.1, 0.15) is 4.75 Å². The van der Waals surface area contributed by atoms with Gasteiger partial charge in [-0.3, -0.25) is 0 Å². The normalized spacial score (nSPS) is 15.5. The Balaban J connectivity index is 2.70. The van der Waals surface area contributed by atoms with Gasteiger partial charge in [0.15, 0.2) is 6.61 Å². The van der Waals surface area contributed by atoms with Crippen molar-refractivity contribution in [1.82, 2.24) is 9.71 Å². The first-order valence-electron chi connectivity index (χ1n) is 6.86. The zero-order valence-electron chi connectivity index (χ0n) is 13.0. The van der Waals surface area contributed by atoms with Gasteiger partial charge in [-0.1, -0.05) is 13.0 Å². The minimum Gasteiger partial charge on any atom is -0.598 e. The molecule has 1 rings (SSSR count). The van der Waals surface area contributed by atoms with Crippen LogP contribution >= 0.6 is 0 Å². The third-order valence-corrected chi connectivity index (χ3v) is 4.37. The average molecular weight is 338 g/mol. The lowest BCUT2D eigenvalue weighted by Gasteiger charge is -2.27. The number of alkyl halides is 3. The Morgan fingerprint density at radius 1 is 1.32 bits per heavy atom. The molecule has 126 valence electrons. The highest BCUT2D eigenvalue weighted by Crippen LogP contribution is 2.23. The van der Waals surface area contributed by atoms with Crippen LogP contribution in [0.15, 0.2) is 18.3 Å². The SMILES string of the molecule is CC[C@@H](N[S+]([O-])C(C)(C)C)c1ccc(OCC(F)(F)F)nc1. The molecule has 1 unspecified atom stereocenters. The molecule has 0 aromatic carbocycles. The second-order valence-electron chi connectivity index (χ2n) is 5.79. The van der Waals surface area contributed by atoms with E-state index in [4.69, 9.17) is 0 Å². The van der Waals surface area contributed by atoms with Gasteiger partial charge in [0.2, 0.25) is 5.88 Å². The number of hydrogen-bond acceptors (Lipinski definition) is 4. The standard InChI is InChI=1S/C14H21F3N2O2S/c1-5-11(19-22(20)13(2,3)4)10-6-7-12(18-8-10)21-9-14(15,16)17/h6-8,11,19H,5,9H2,1-4H3/t11-,22?/m1/s1. The molecule has 0 bridgehead atoms. The first-order chi connectivity index (χ1) is 10.0. The van der Waals surface area contributed by atoms with E-state index >= 15 is 0 Å². The van der Waals surface area contributed by atoms with Crippen LogP contribution < -0.4 is 9.46 Å². The fourth-order valence-electron chi connectivity index (χ4n) is 1.53. The maximum absolute atomic E-state index is 12.1. The third kappa shape index (κ3) is 6.41. The van der Waals surface area contributed by atoms with Gasteiger partial charge in [0.05, 0.1) is 6.04 Å². The number of halogens is 3. The van der Waals surface area contributed by atoms with Crippen LogP contribution in [-0.4, -0.2) is 27.1 Å². The Morgan fingerprint density at radius 2 is 1.95 bits per heavy atom. The molecule has 4 nitrogen and oxygen atoms in total. The van der Waals surface area contributed by atoms with Crippen LogP contribution in [0.25, 0.3) is 0 Å². The van der Waals surface area contributed by atoms with E-state index < -0.39 is 28.9 Å². The van der Waals surface area contributed by atoms with Crippen LogP contribution in [0, 0.1) is 0 Å². The molecule has 1 aromatic rings. The molecule has 0 fully saturated rings. The molecule has 0 aliphatic heterocycles. The lowest BCUT2D eigenvalue weighted by molar-refractivity contribution is -0.154. The molecular formula is C14H21F3N2O2S. The number of rotatable bonds is 6. The number of nitrogens with one attached hydrogen (secondary N) is 1. The van der Waals surface area contributed by atoms with Gasteiger partial charge in [-0.15, -0.1) is 4.72 Å². The lowest BCUT2D eigenvalue weighted by atomic mass is 10.1. The van der Waals surface area contributed by atoms with Crippen LogP contribution in [0.5, 0.6) is 5.88 Å². The summed E-state index contributed by atoms with van der Waals surface area (Å²) in [6.45, 7) is 6.12. The van der Waals surface area contributed by atoms with Gasteiger partial charge in [-0.25, -0.2) is 4.98 Å². The Labute approximate surface area is 131 Å². The zero-order chi connectivity index (χ0) is 17.0. The molecule has 1 heterocycles. The summed E-state index contributed by atoms with van der Waals surface area (Å²) < 4.78 is 55.5. The lowest BCUT2D eigenvalue weighted by Crippen LogP contribution is -2.41. The minimum absolute atomic E-state index is 0.0899. The summed E-state index contributed by atoms with van der Waals surface area (Å²) in [5, 5.41) is 0. The molecular weight excluding hydrogens is 317 g/mol. The van der Waals surface area contributed by atoms with Crippen LogP contribution in [0.2, 0.25) is 0 Å². The van der Waals surface area contributed by atoms with Gasteiger partial charge in [-0.05, 0) is 32.8 Å². The molecule has 0 radical (unpaired) electrons. The predicted octanol–water partition coefficient (Wildman–Crippen LogP) is 3.53. The molecule has 0 amide bonds. The Bertz CT molecular complexity index is 461. The molecule has 1 aromatic heterocycles. The van der Waals surface area contributed by atoms with E-state index in [1.165, 1.54) is 12.3 Å². The van der Waals surface area contributed by atoms with E-state index in [0.29, 0.717) is 6.42 Å². The number of ether oxygens (including phenoxy) is 1. The van der Waals surface area contributed by atoms with E-state index in [1.54, 1.807) is 6.07 Å². The average Bonchev–Trinajstić information content (AvgIpc) is 2.41. The monoisotopic (exact) mass is 338 g/mol. The molecule has 0 saturated heterocycles. The van der Waals surface area contributed by atoms with Crippen molar-refractivity contribution in [2.75, 3.05) is 6.61 Å². The van der Waals surface area contributed by atoms with Crippen LogP contribution in [-0.2, 0) is 11.4 Å². The highest BCUT2D eigenvalue weighted by atomic mass is 32.2. The zero-order valence-corrected chi connectivity index (χ0v) is 13.8. The van der Waals surface area contributed by atoms with Gasteiger partial charge in [-0.2, -0.15) is 13.2 Å². The smallest absolute Gasteiger partial charge is 0.422 e. The van der Waals surface area contributed by atoms with E-state index in [2.05, 4.69) is 14.4 Å².